The van der Waals surface area contributed by atoms with Gasteiger partial charge in [-0.15, -0.1) is 0 Å². The van der Waals surface area contributed by atoms with E-state index in [0.29, 0.717) is 0 Å². The third-order valence-electron chi connectivity index (χ3n) is 3.67. The monoisotopic (exact) mass is 261 g/mol. The molecule has 2 rings (SSSR count). The van der Waals surface area contributed by atoms with Crippen molar-refractivity contribution in [3.8, 4) is 0 Å². The fourth-order valence-electron chi connectivity index (χ4n) is 2.36. The van der Waals surface area contributed by atoms with Crippen LogP contribution < -0.4 is 5.32 Å². The average molecular weight is 261 g/mol. The first-order valence-electron chi connectivity index (χ1n) is 7.78. The molecule has 1 aromatic rings. The van der Waals surface area contributed by atoms with E-state index in [2.05, 4.69) is 36.5 Å². The van der Waals surface area contributed by atoms with Gasteiger partial charge in [0.05, 0.1) is 0 Å². The highest BCUT2D eigenvalue weighted by Gasteiger charge is 2.25. The SMILES string of the molecule is CCCCOCCCNCc1ccccc1C1CC1. The minimum absolute atomic E-state index is 0.843. The quantitative estimate of drug-likeness (QED) is 0.646. The molecule has 19 heavy (non-hydrogen) atoms. The maximum Gasteiger partial charge on any atom is 0.0478 e. The van der Waals surface area contributed by atoms with Gasteiger partial charge in [-0.25, -0.2) is 0 Å². The van der Waals surface area contributed by atoms with Crippen molar-refractivity contribution < 1.29 is 4.74 Å². The van der Waals surface area contributed by atoms with Crippen molar-refractivity contribution in [1.29, 1.82) is 0 Å². The van der Waals surface area contributed by atoms with Crippen LogP contribution in [-0.2, 0) is 11.3 Å². The molecule has 0 saturated heterocycles. The van der Waals surface area contributed by atoms with Crippen LogP contribution in [0.2, 0.25) is 0 Å². The number of benzene rings is 1. The molecular formula is C17H27NO. The van der Waals surface area contributed by atoms with Crippen LogP contribution in [0.4, 0.5) is 0 Å². The second kappa shape index (κ2) is 8.34. The van der Waals surface area contributed by atoms with E-state index in [1.807, 2.05) is 0 Å². The van der Waals surface area contributed by atoms with Crippen LogP contribution in [0.25, 0.3) is 0 Å². The number of unbranched alkanes of at least 4 members (excludes halogenated alkanes) is 1. The largest absolute Gasteiger partial charge is 0.381 e. The second-order valence-electron chi connectivity index (χ2n) is 5.47. The normalized spacial score (nSPS) is 14.8. The van der Waals surface area contributed by atoms with E-state index in [-0.39, 0.29) is 0 Å². The lowest BCUT2D eigenvalue weighted by atomic mass is 10.0. The number of hydrogen-bond donors (Lipinski definition) is 1. The van der Waals surface area contributed by atoms with Crippen molar-refractivity contribution in [2.24, 2.45) is 0 Å². The summed E-state index contributed by atoms with van der Waals surface area (Å²) in [5, 5.41) is 3.54. The molecule has 0 spiro atoms. The number of ether oxygens (including phenoxy) is 1. The first-order valence-corrected chi connectivity index (χ1v) is 7.78. The Morgan fingerprint density at radius 1 is 1.16 bits per heavy atom. The predicted molar refractivity (Wildman–Crippen MR) is 80.5 cm³/mol. The van der Waals surface area contributed by atoms with Gasteiger partial charge in [-0.2, -0.15) is 0 Å². The van der Waals surface area contributed by atoms with Gasteiger partial charge >= 0.3 is 0 Å². The summed E-state index contributed by atoms with van der Waals surface area (Å²) < 4.78 is 5.56. The molecule has 0 heterocycles. The first kappa shape index (κ1) is 14.5. The molecule has 1 saturated carbocycles. The molecule has 1 aromatic carbocycles. The molecule has 2 heteroatoms. The summed E-state index contributed by atoms with van der Waals surface area (Å²) in [6.07, 6.45) is 6.26. The van der Waals surface area contributed by atoms with Crippen LogP contribution >= 0.6 is 0 Å². The van der Waals surface area contributed by atoms with Crippen molar-refractivity contribution in [3.63, 3.8) is 0 Å². The van der Waals surface area contributed by atoms with Gasteiger partial charge in [0, 0.05) is 19.8 Å². The summed E-state index contributed by atoms with van der Waals surface area (Å²) in [6, 6.07) is 8.87. The molecule has 1 aliphatic rings. The zero-order chi connectivity index (χ0) is 13.3. The van der Waals surface area contributed by atoms with Gasteiger partial charge in [0.2, 0.25) is 0 Å². The highest BCUT2D eigenvalue weighted by atomic mass is 16.5. The Kier molecular flexibility index (Phi) is 6.38. The van der Waals surface area contributed by atoms with Crippen LogP contribution in [0, 0.1) is 0 Å². The predicted octanol–water partition coefficient (Wildman–Crippen LogP) is 3.86. The maximum absolute atomic E-state index is 5.56. The molecule has 0 bridgehead atoms. The topological polar surface area (TPSA) is 21.3 Å². The average Bonchev–Trinajstić information content (AvgIpc) is 3.27. The highest BCUT2D eigenvalue weighted by molar-refractivity contribution is 5.33. The molecule has 106 valence electrons. The second-order valence-corrected chi connectivity index (χ2v) is 5.47. The summed E-state index contributed by atoms with van der Waals surface area (Å²) in [5.74, 6) is 0.843. The molecule has 1 aliphatic carbocycles. The first-order chi connectivity index (χ1) is 9.42. The zero-order valence-corrected chi connectivity index (χ0v) is 12.2. The van der Waals surface area contributed by atoms with Crippen molar-refractivity contribution in [1.82, 2.24) is 5.32 Å². The standard InChI is InChI=1S/C17H27NO/c1-2-3-12-19-13-6-11-18-14-16-7-4-5-8-17(16)15-9-10-15/h4-5,7-8,15,18H,2-3,6,9-14H2,1H3. The van der Waals surface area contributed by atoms with Crippen LogP contribution in [0.1, 0.15) is 56.1 Å². The van der Waals surface area contributed by atoms with Gasteiger partial charge in [0.1, 0.15) is 0 Å². The van der Waals surface area contributed by atoms with Gasteiger partial charge in [-0.05, 0) is 49.3 Å². The van der Waals surface area contributed by atoms with Crippen LogP contribution in [0.5, 0.6) is 0 Å². The molecule has 0 aliphatic heterocycles. The fourth-order valence-corrected chi connectivity index (χ4v) is 2.36. The lowest BCUT2D eigenvalue weighted by Gasteiger charge is -2.10. The maximum atomic E-state index is 5.56. The molecule has 1 fully saturated rings. The fraction of sp³-hybridized carbons (Fsp3) is 0.647. The van der Waals surface area contributed by atoms with Crippen LogP contribution in [0.15, 0.2) is 24.3 Å². The highest BCUT2D eigenvalue weighted by Crippen LogP contribution is 2.41. The van der Waals surface area contributed by atoms with Crippen molar-refractivity contribution >= 4 is 0 Å². The molecular weight excluding hydrogens is 234 g/mol. The molecule has 0 unspecified atom stereocenters. The van der Waals surface area contributed by atoms with E-state index < -0.39 is 0 Å². The minimum Gasteiger partial charge on any atom is -0.381 e. The van der Waals surface area contributed by atoms with E-state index in [4.69, 9.17) is 4.74 Å². The summed E-state index contributed by atoms with van der Waals surface area (Å²) in [5.41, 5.74) is 3.05. The molecule has 1 N–H and O–H groups in total. The summed E-state index contributed by atoms with van der Waals surface area (Å²) >= 11 is 0. The van der Waals surface area contributed by atoms with Gasteiger partial charge in [-0.1, -0.05) is 37.6 Å². The third-order valence-corrected chi connectivity index (χ3v) is 3.67. The Bertz CT molecular complexity index is 360. The number of rotatable bonds is 10. The lowest BCUT2D eigenvalue weighted by molar-refractivity contribution is 0.129. The van der Waals surface area contributed by atoms with Crippen LogP contribution in [-0.4, -0.2) is 19.8 Å². The summed E-state index contributed by atoms with van der Waals surface area (Å²) in [6.45, 7) is 6.05. The molecule has 0 atom stereocenters. The Labute approximate surface area is 117 Å². The molecule has 0 aromatic heterocycles. The van der Waals surface area contributed by atoms with E-state index in [9.17, 15) is 0 Å². The number of hydrogen-bond acceptors (Lipinski definition) is 2. The Balaban J connectivity index is 1.58. The Morgan fingerprint density at radius 3 is 2.74 bits per heavy atom. The Hall–Kier alpha value is -0.860. The third kappa shape index (κ3) is 5.33. The van der Waals surface area contributed by atoms with Crippen molar-refractivity contribution in [2.45, 2.75) is 51.5 Å². The summed E-state index contributed by atoms with van der Waals surface area (Å²) in [4.78, 5) is 0. The van der Waals surface area contributed by atoms with Gasteiger partial charge in [0.25, 0.3) is 0 Å². The smallest absolute Gasteiger partial charge is 0.0478 e. The summed E-state index contributed by atoms with van der Waals surface area (Å²) in [7, 11) is 0. The minimum atomic E-state index is 0.843. The molecule has 0 radical (unpaired) electrons. The number of nitrogens with one attached hydrogen (secondary N) is 1. The Morgan fingerprint density at radius 2 is 1.95 bits per heavy atom. The van der Waals surface area contributed by atoms with E-state index >= 15 is 0 Å². The molecule has 0 amide bonds. The molecule has 2 nitrogen and oxygen atoms in total. The zero-order valence-electron chi connectivity index (χ0n) is 12.2. The van der Waals surface area contributed by atoms with E-state index in [1.165, 1.54) is 31.2 Å². The van der Waals surface area contributed by atoms with Crippen molar-refractivity contribution in [3.05, 3.63) is 35.4 Å². The van der Waals surface area contributed by atoms with Gasteiger partial charge < -0.3 is 10.1 Å². The lowest BCUT2D eigenvalue weighted by Crippen LogP contribution is -2.17. The van der Waals surface area contributed by atoms with Gasteiger partial charge in [0.15, 0.2) is 0 Å². The van der Waals surface area contributed by atoms with Crippen molar-refractivity contribution in [2.75, 3.05) is 19.8 Å². The van der Waals surface area contributed by atoms with E-state index in [0.717, 1.165) is 38.6 Å². The van der Waals surface area contributed by atoms with Gasteiger partial charge in [-0.3, -0.25) is 0 Å². The van der Waals surface area contributed by atoms with Crippen LogP contribution in [0.3, 0.4) is 0 Å². The van der Waals surface area contributed by atoms with E-state index in [1.54, 1.807) is 5.56 Å².